The van der Waals surface area contributed by atoms with Crippen LogP contribution in [0.1, 0.15) is 0 Å². The minimum Gasteiger partial charge on any atom is -0.495 e. The fourth-order valence-corrected chi connectivity index (χ4v) is 2.62. The van der Waals surface area contributed by atoms with Crippen LogP contribution in [0.5, 0.6) is 11.5 Å². The highest BCUT2D eigenvalue weighted by molar-refractivity contribution is 7.87. The Bertz CT molecular complexity index is 729. The zero-order valence-corrected chi connectivity index (χ0v) is 11.2. The Morgan fingerprint density at radius 1 is 1.00 bits per heavy atom. The summed E-state index contributed by atoms with van der Waals surface area (Å²) in [6, 6.07) is 8.27. The Morgan fingerprint density at radius 3 is 2.35 bits per heavy atom. The summed E-state index contributed by atoms with van der Waals surface area (Å²) >= 11 is 0. The van der Waals surface area contributed by atoms with Crippen molar-refractivity contribution in [2.75, 3.05) is 7.11 Å². The van der Waals surface area contributed by atoms with Crippen molar-refractivity contribution in [3.63, 3.8) is 0 Å². The van der Waals surface area contributed by atoms with Crippen molar-refractivity contribution in [1.82, 2.24) is 0 Å². The van der Waals surface area contributed by atoms with Gasteiger partial charge in [0.2, 0.25) is 0 Å². The van der Waals surface area contributed by atoms with Crippen molar-refractivity contribution in [2.45, 2.75) is 4.90 Å². The van der Waals surface area contributed by atoms with Crippen molar-refractivity contribution in [3.05, 3.63) is 54.1 Å². The summed E-state index contributed by atoms with van der Waals surface area (Å²) in [7, 11) is -2.89. The third-order valence-electron chi connectivity index (χ3n) is 2.44. The lowest BCUT2D eigenvalue weighted by Crippen LogP contribution is -2.11. The molecular formula is C13H10F2O4S. The second-order valence-corrected chi connectivity index (χ2v) is 5.28. The first-order valence-electron chi connectivity index (χ1n) is 5.46. The second kappa shape index (κ2) is 5.46. The van der Waals surface area contributed by atoms with Crippen LogP contribution in [0.2, 0.25) is 0 Å². The molecule has 0 unspecified atom stereocenters. The predicted molar refractivity (Wildman–Crippen MR) is 67.2 cm³/mol. The molecule has 2 aromatic rings. The highest BCUT2D eigenvalue weighted by Crippen LogP contribution is 2.26. The maximum atomic E-state index is 13.0. The van der Waals surface area contributed by atoms with E-state index >= 15 is 0 Å². The number of halogens is 2. The molecule has 0 amide bonds. The zero-order chi connectivity index (χ0) is 14.8. The topological polar surface area (TPSA) is 52.6 Å². The summed E-state index contributed by atoms with van der Waals surface area (Å²) in [6.45, 7) is 0. The van der Waals surface area contributed by atoms with Gasteiger partial charge >= 0.3 is 10.1 Å². The van der Waals surface area contributed by atoms with E-state index in [9.17, 15) is 17.2 Å². The standard InChI is InChI=1S/C13H10F2O4S/c1-18-12-4-2-3-5-13(12)20(16,17)19-9-6-7-10(14)11(15)8-9/h2-8H,1H3. The van der Waals surface area contributed by atoms with Crippen LogP contribution in [0, 0.1) is 11.6 Å². The van der Waals surface area contributed by atoms with Crippen LogP contribution < -0.4 is 8.92 Å². The number of methoxy groups -OCH3 is 1. The number of hydrogen-bond acceptors (Lipinski definition) is 4. The third kappa shape index (κ3) is 2.88. The maximum Gasteiger partial charge on any atom is 0.342 e. The monoisotopic (exact) mass is 300 g/mol. The quantitative estimate of drug-likeness (QED) is 0.815. The number of hydrogen-bond donors (Lipinski definition) is 0. The van der Waals surface area contributed by atoms with Gasteiger partial charge in [-0.15, -0.1) is 0 Å². The molecule has 0 fully saturated rings. The predicted octanol–water partition coefficient (Wildman–Crippen LogP) is 2.74. The maximum absolute atomic E-state index is 13.0. The largest absolute Gasteiger partial charge is 0.495 e. The summed E-state index contributed by atoms with van der Waals surface area (Å²) in [4.78, 5) is -0.202. The van der Waals surface area contributed by atoms with Crippen molar-refractivity contribution >= 4 is 10.1 Å². The van der Waals surface area contributed by atoms with Gasteiger partial charge in [0.25, 0.3) is 0 Å². The summed E-state index contributed by atoms with van der Waals surface area (Å²) < 4.78 is 59.6. The molecule has 106 valence electrons. The summed E-state index contributed by atoms with van der Waals surface area (Å²) in [5.74, 6) is -2.52. The van der Waals surface area contributed by atoms with E-state index in [1.165, 1.54) is 25.3 Å². The van der Waals surface area contributed by atoms with Gasteiger partial charge in [-0.05, 0) is 24.3 Å². The lowest BCUT2D eigenvalue weighted by atomic mass is 10.3. The van der Waals surface area contributed by atoms with E-state index in [2.05, 4.69) is 0 Å². The molecule has 0 N–H and O–H groups in total. The Hall–Kier alpha value is -2.15. The first-order valence-corrected chi connectivity index (χ1v) is 6.87. The van der Waals surface area contributed by atoms with Gasteiger partial charge in [0.1, 0.15) is 16.4 Å². The SMILES string of the molecule is COc1ccccc1S(=O)(=O)Oc1ccc(F)c(F)c1. The van der Waals surface area contributed by atoms with Crippen molar-refractivity contribution in [1.29, 1.82) is 0 Å². The molecule has 0 saturated carbocycles. The Morgan fingerprint density at radius 2 is 1.70 bits per heavy atom. The van der Waals surface area contributed by atoms with Crippen LogP contribution in [0.4, 0.5) is 8.78 Å². The molecule has 2 aromatic carbocycles. The van der Waals surface area contributed by atoms with E-state index in [1.54, 1.807) is 6.07 Å². The normalized spacial score (nSPS) is 11.2. The average Bonchev–Trinajstić information content (AvgIpc) is 2.42. The van der Waals surface area contributed by atoms with Gasteiger partial charge in [0.05, 0.1) is 7.11 Å². The highest BCUT2D eigenvalue weighted by atomic mass is 32.2. The number of rotatable bonds is 4. The zero-order valence-electron chi connectivity index (χ0n) is 10.3. The second-order valence-electron chi connectivity index (χ2n) is 3.76. The molecule has 0 atom stereocenters. The van der Waals surface area contributed by atoms with Crippen LogP contribution in [-0.4, -0.2) is 15.5 Å². The molecule has 2 rings (SSSR count). The molecule has 7 heteroatoms. The first-order chi connectivity index (χ1) is 9.44. The van der Waals surface area contributed by atoms with E-state index in [-0.39, 0.29) is 16.4 Å². The molecule has 0 radical (unpaired) electrons. The molecule has 0 spiro atoms. The van der Waals surface area contributed by atoms with E-state index in [1.807, 2.05) is 0 Å². The van der Waals surface area contributed by atoms with Crippen LogP contribution in [0.15, 0.2) is 47.4 Å². The average molecular weight is 300 g/mol. The van der Waals surface area contributed by atoms with Crippen LogP contribution in [-0.2, 0) is 10.1 Å². The van der Waals surface area contributed by atoms with Crippen molar-refractivity contribution in [2.24, 2.45) is 0 Å². The molecule has 0 saturated heterocycles. The molecule has 20 heavy (non-hydrogen) atoms. The summed E-state index contributed by atoms with van der Waals surface area (Å²) in [5.41, 5.74) is 0. The molecule has 0 aliphatic carbocycles. The van der Waals surface area contributed by atoms with Crippen molar-refractivity contribution < 1.29 is 26.1 Å². The van der Waals surface area contributed by atoms with Gasteiger partial charge in [-0.25, -0.2) is 8.78 Å². The number of benzene rings is 2. The number of para-hydroxylation sites is 1. The Kier molecular flexibility index (Phi) is 3.89. The Labute approximate surface area is 114 Å². The lowest BCUT2D eigenvalue weighted by molar-refractivity contribution is 0.398. The van der Waals surface area contributed by atoms with Gasteiger partial charge in [-0.2, -0.15) is 8.42 Å². The highest BCUT2D eigenvalue weighted by Gasteiger charge is 2.21. The van der Waals surface area contributed by atoms with Crippen molar-refractivity contribution in [3.8, 4) is 11.5 Å². The molecular weight excluding hydrogens is 290 g/mol. The van der Waals surface area contributed by atoms with Gasteiger partial charge in [-0.1, -0.05) is 12.1 Å². The summed E-state index contributed by atoms with van der Waals surface area (Å²) in [6.07, 6.45) is 0. The molecule has 0 aliphatic rings. The van der Waals surface area contributed by atoms with Crippen LogP contribution in [0.25, 0.3) is 0 Å². The van der Waals surface area contributed by atoms with E-state index in [4.69, 9.17) is 8.92 Å². The fraction of sp³-hybridized carbons (Fsp3) is 0.0769. The van der Waals surface area contributed by atoms with Gasteiger partial charge in [0, 0.05) is 6.07 Å². The van der Waals surface area contributed by atoms with E-state index in [0.717, 1.165) is 12.1 Å². The van der Waals surface area contributed by atoms with Gasteiger partial charge < -0.3 is 8.92 Å². The van der Waals surface area contributed by atoms with Gasteiger partial charge in [0.15, 0.2) is 11.6 Å². The molecule has 4 nitrogen and oxygen atoms in total. The minimum absolute atomic E-state index is 0.0927. The molecule has 0 bridgehead atoms. The Balaban J connectivity index is 2.38. The van der Waals surface area contributed by atoms with Crippen LogP contribution >= 0.6 is 0 Å². The molecule has 0 aromatic heterocycles. The first kappa shape index (κ1) is 14.3. The number of ether oxygens (including phenoxy) is 1. The molecule has 0 heterocycles. The molecule has 0 aliphatic heterocycles. The van der Waals surface area contributed by atoms with Gasteiger partial charge in [-0.3, -0.25) is 0 Å². The fourth-order valence-electron chi connectivity index (χ4n) is 1.53. The summed E-state index contributed by atoms with van der Waals surface area (Å²) in [5, 5.41) is 0. The van der Waals surface area contributed by atoms with Crippen LogP contribution in [0.3, 0.4) is 0 Å². The smallest absolute Gasteiger partial charge is 0.342 e. The minimum atomic E-state index is -4.20. The van der Waals surface area contributed by atoms with E-state index in [0.29, 0.717) is 6.07 Å². The third-order valence-corrected chi connectivity index (χ3v) is 3.72. The van der Waals surface area contributed by atoms with E-state index < -0.39 is 21.8 Å². The lowest BCUT2D eigenvalue weighted by Gasteiger charge is -2.10.